The highest BCUT2D eigenvalue weighted by atomic mass is 35.5. The fourth-order valence-corrected chi connectivity index (χ4v) is 3.81. The van der Waals surface area contributed by atoms with E-state index >= 15 is 0 Å². The van der Waals surface area contributed by atoms with Crippen LogP contribution in [0.3, 0.4) is 0 Å². The number of thioether (sulfide) groups is 2. The first-order chi connectivity index (χ1) is 8.19. The standard InChI is InChI=1S/C10H8Cl2N2S3/c1-15-9-13-14-10(17-9)16-5-6-2-3-7(11)8(12)4-6/h2-4H,5H2,1H3. The molecule has 0 spiro atoms. The Kier molecular flexibility index (Phi) is 4.99. The lowest BCUT2D eigenvalue weighted by molar-refractivity contribution is 0.955. The van der Waals surface area contributed by atoms with Crippen molar-refractivity contribution in [1.82, 2.24) is 10.2 Å². The van der Waals surface area contributed by atoms with E-state index in [4.69, 9.17) is 23.2 Å². The van der Waals surface area contributed by atoms with Crippen LogP contribution < -0.4 is 0 Å². The van der Waals surface area contributed by atoms with Crippen LogP contribution >= 0.6 is 58.1 Å². The van der Waals surface area contributed by atoms with Gasteiger partial charge in [-0.2, -0.15) is 0 Å². The molecule has 1 aromatic carbocycles. The Morgan fingerprint density at radius 1 is 1.18 bits per heavy atom. The molecule has 0 unspecified atom stereocenters. The first-order valence-electron chi connectivity index (χ1n) is 4.63. The highest BCUT2D eigenvalue weighted by molar-refractivity contribution is 8.02. The molecule has 2 rings (SSSR count). The van der Waals surface area contributed by atoms with Gasteiger partial charge in [0.05, 0.1) is 10.0 Å². The molecule has 2 nitrogen and oxygen atoms in total. The summed E-state index contributed by atoms with van der Waals surface area (Å²) in [5.74, 6) is 0.819. The van der Waals surface area contributed by atoms with Crippen molar-refractivity contribution in [3.8, 4) is 0 Å². The second kappa shape index (κ2) is 6.29. The Labute approximate surface area is 122 Å². The third kappa shape index (κ3) is 3.76. The Morgan fingerprint density at radius 2 is 1.94 bits per heavy atom. The third-order valence-corrected chi connectivity index (χ3v) is 5.75. The molecule has 1 heterocycles. The molecule has 0 N–H and O–H groups in total. The number of benzene rings is 1. The van der Waals surface area contributed by atoms with Gasteiger partial charge in [-0.1, -0.05) is 64.1 Å². The summed E-state index contributed by atoms with van der Waals surface area (Å²) in [6.45, 7) is 0. The van der Waals surface area contributed by atoms with Crippen LogP contribution in [-0.2, 0) is 5.75 Å². The van der Waals surface area contributed by atoms with Gasteiger partial charge in [0.25, 0.3) is 0 Å². The normalized spacial score (nSPS) is 10.8. The summed E-state index contributed by atoms with van der Waals surface area (Å²) in [5.41, 5.74) is 1.13. The molecule has 2 aromatic rings. The summed E-state index contributed by atoms with van der Waals surface area (Å²) in [6.07, 6.45) is 1.99. The van der Waals surface area contributed by atoms with Crippen LogP contribution in [0.25, 0.3) is 0 Å². The molecule has 0 aliphatic carbocycles. The van der Waals surface area contributed by atoms with E-state index in [1.54, 1.807) is 34.9 Å². The van der Waals surface area contributed by atoms with Gasteiger partial charge >= 0.3 is 0 Å². The van der Waals surface area contributed by atoms with E-state index in [0.717, 1.165) is 20.0 Å². The Balaban J connectivity index is 1.99. The largest absolute Gasteiger partial charge is 0.175 e. The Morgan fingerprint density at radius 3 is 2.59 bits per heavy atom. The molecule has 0 saturated heterocycles. The van der Waals surface area contributed by atoms with Crippen molar-refractivity contribution < 1.29 is 0 Å². The van der Waals surface area contributed by atoms with E-state index in [1.165, 1.54) is 0 Å². The third-order valence-electron chi connectivity index (χ3n) is 1.91. The number of hydrogen-bond acceptors (Lipinski definition) is 5. The lowest BCUT2D eigenvalue weighted by Crippen LogP contribution is -1.81. The molecular weight excluding hydrogens is 315 g/mol. The predicted molar refractivity (Wildman–Crippen MR) is 77.7 cm³/mol. The predicted octanol–water partition coefficient (Wildman–Crippen LogP) is 4.86. The van der Waals surface area contributed by atoms with E-state index in [2.05, 4.69) is 10.2 Å². The summed E-state index contributed by atoms with van der Waals surface area (Å²) in [6, 6.07) is 5.67. The number of nitrogens with zero attached hydrogens (tertiary/aromatic N) is 2. The number of halogens is 2. The molecule has 0 aliphatic rings. The average molecular weight is 323 g/mol. The summed E-state index contributed by atoms with van der Waals surface area (Å²) >= 11 is 16.7. The van der Waals surface area contributed by atoms with Crippen LogP contribution in [0, 0.1) is 0 Å². The van der Waals surface area contributed by atoms with E-state index < -0.39 is 0 Å². The van der Waals surface area contributed by atoms with Crippen molar-refractivity contribution in [3.05, 3.63) is 33.8 Å². The molecule has 0 aliphatic heterocycles. The summed E-state index contributed by atoms with van der Waals surface area (Å²) in [5, 5.41) is 9.31. The van der Waals surface area contributed by atoms with Crippen molar-refractivity contribution in [3.63, 3.8) is 0 Å². The summed E-state index contributed by atoms with van der Waals surface area (Å²) in [4.78, 5) is 0. The second-order valence-corrected chi connectivity index (χ2v) is 7.14. The van der Waals surface area contributed by atoms with Gasteiger partial charge in [0.15, 0.2) is 8.68 Å². The maximum absolute atomic E-state index is 5.95. The van der Waals surface area contributed by atoms with E-state index in [0.29, 0.717) is 10.0 Å². The first kappa shape index (κ1) is 13.5. The van der Waals surface area contributed by atoms with Gasteiger partial charge in [-0.25, -0.2) is 0 Å². The zero-order valence-corrected chi connectivity index (χ0v) is 12.8. The fraction of sp³-hybridized carbons (Fsp3) is 0.200. The lowest BCUT2D eigenvalue weighted by Gasteiger charge is -2.00. The second-order valence-electron chi connectivity index (χ2n) is 3.08. The lowest BCUT2D eigenvalue weighted by atomic mass is 10.2. The maximum Gasteiger partial charge on any atom is 0.175 e. The van der Waals surface area contributed by atoms with E-state index in [-0.39, 0.29) is 0 Å². The van der Waals surface area contributed by atoms with E-state index in [1.807, 2.05) is 24.5 Å². The topological polar surface area (TPSA) is 25.8 Å². The number of aromatic nitrogens is 2. The van der Waals surface area contributed by atoms with Gasteiger partial charge in [-0.3, -0.25) is 0 Å². The molecule has 0 saturated carbocycles. The average Bonchev–Trinajstić information content (AvgIpc) is 2.79. The van der Waals surface area contributed by atoms with Gasteiger partial charge in [0.2, 0.25) is 0 Å². The first-order valence-corrected chi connectivity index (χ1v) is 8.41. The maximum atomic E-state index is 5.95. The molecule has 17 heavy (non-hydrogen) atoms. The molecule has 0 atom stereocenters. The van der Waals surface area contributed by atoms with Gasteiger partial charge in [0.1, 0.15) is 0 Å². The van der Waals surface area contributed by atoms with Crippen molar-refractivity contribution in [2.45, 2.75) is 14.4 Å². The van der Waals surface area contributed by atoms with Crippen LogP contribution in [0.2, 0.25) is 10.0 Å². The van der Waals surface area contributed by atoms with Crippen LogP contribution in [0.15, 0.2) is 26.9 Å². The van der Waals surface area contributed by atoms with E-state index in [9.17, 15) is 0 Å². The van der Waals surface area contributed by atoms with Gasteiger partial charge < -0.3 is 0 Å². The quantitative estimate of drug-likeness (QED) is 0.751. The molecular formula is C10H8Cl2N2S3. The SMILES string of the molecule is CSc1nnc(SCc2ccc(Cl)c(Cl)c2)s1. The molecule has 90 valence electrons. The van der Waals surface area contributed by atoms with Crippen LogP contribution in [0.5, 0.6) is 0 Å². The smallest absolute Gasteiger partial charge is 0.131 e. The molecule has 7 heteroatoms. The zero-order valence-electron chi connectivity index (χ0n) is 8.81. The minimum Gasteiger partial charge on any atom is -0.131 e. The van der Waals surface area contributed by atoms with Crippen LogP contribution in [-0.4, -0.2) is 16.5 Å². The molecule has 0 radical (unpaired) electrons. The zero-order chi connectivity index (χ0) is 12.3. The van der Waals surface area contributed by atoms with Crippen LogP contribution in [0.1, 0.15) is 5.56 Å². The minimum atomic E-state index is 0.584. The highest BCUT2D eigenvalue weighted by Crippen LogP contribution is 2.31. The monoisotopic (exact) mass is 322 g/mol. The van der Waals surface area contributed by atoms with Gasteiger partial charge in [-0.15, -0.1) is 10.2 Å². The van der Waals surface area contributed by atoms with Crippen LogP contribution in [0.4, 0.5) is 0 Å². The Bertz CT molecular complexity index is 516. The van der Waals surface area contributed by atoms with Gasteiger partial charge in [-0.05, 0) is 24.0 Å². The summed E-state index contributed by atoms with van der Waals surface area (Å²) in [7, 11) is 0. The highest BCUT2D eigenvalue weighted by Gasteiger charge is 2.05. The van der Waals surface area contributed by atoms with Crippen molar-refractivity contribution >= 4 is 58.1 Å². The molecule has 0 bridgehead atoms. The Hall–Kier alpha value is 0.0600. The number of hydrogen-bond donors (Lipinski definition) is 0. The van der Waals surface area contributed by atoms with Crippen molar-refractivity contribution in [2.75, 3.05) is 6.26 Å². The van der Waals surface area contributed by atoms with Gasteiger partial charge in [0, 0.05) is 5.75 Å². The van der Waals surface area contributed by atoms with Crippen molar-refractivity contribution in [1.29, 1.82) is 0 Å². The fourth-order valence-electron chi connectivity index (χ4n) is 1.11. The number of rotatable bonds is 4. The molecule has 0 fully saturated rings. The van der Waals surface area contributed by atoms with Crippen molar-refractivity contribution in [2.24, 2.45) is 0 Å². The minimum absolute atomic E-state index is 0.584. The molecule has 1 aromatic heterocycles. The summed E-state index contributed by atoms with van der Waals surface area (Å²) < 4.78 is 1.96. The molecule has 0 amide bonds.